The Morgan fingerprint density at radius 1 is 1.59 bits per heavy atom. The van der Waals surface area contributed by atoms with E-state index in [1.807, 2.05) is 6.07 Å². The predicted octanol–water partition coefficient (Wildman–Crippen LogP) is 0.912. The molecule has 0 aliphatic carbocycles. The minimum atomic E-state index is 0.409. The van der Waals surface area contributed by atoms with E-state index in [4.69, 9.17) is 11.0 Å². The number of hydrogen-bond donors (Lipinski definition) is 1. The minimum Gasteiger partial charge on any atom is -0.338 e. The van der Waals surface area contributed by atoms with Gasteiger partial charge in [-0.1, -0.05) is 0 Å². The van der Waals surface area contributed by atoms with E-state index in [1.165, 1.54) is 0 Å². The Labute approximate surface area is 101 Å². The first kappa shape index (κ1) is 11.8. The standard InChI is InChI=1S/C12H17N5/c1-9-2-3-10(6-13)8-17(9)12-15-5-4-11(7-14)16-12/h4-5,9-10H,2-3,6,8,13H2,1H3. The highest BCUT2D eigenvalue weighted by atomic mass is 15.3. The van der Waals surface area contributed by atoms with E-state index in [1.54, 1.807) is 12.3 Å². The van der Waals surface area contributed by atoms with Gasteiger partial charge in [0.25, 0.3) is 0 Å². The minimum absolute atomic E-state index is 0.409. The average molecular weight is 231 g/mol. The SMILES string of the molecule is CC1CCC(CN)CN1c1nccc(C#N)n1. The van der Waals surface area contributed by atoms with Crippen molar-refractivity contribution >= 4 is 5.95 Å². The van der Waals surface area contributed by atoms with Crippen molar-refractivity contribution in [3.05, 3.63) is 18.0 Å². The maximum absolute atomic E-state index is 8.85. The fraction of sp³-hybridized carbons (Fsp3) is 0.583. The molecule has 17 heavy (non-hydrogen) atoms. The first-order chi connectivity index (χ1) is 8.24. The van der Waals surface area contributed by atoms with Crippen molar-refractivity contribution in [2.24, 2.45) is 11.7 Å². The Hall–Kier alpha value is -1.67. The summed E-state index contributed by atoms with van der Waals surface area (Å²) in [7, 11) is 0. The van der Waals surface area contributed by atoms with Crippen molar-refractivity contribution in [2.75, 3.05) is 18.0 Å². The van der Waals surface area contributed by atoms with Gasteiger partial charge in [0.15, 0.2) is 0 Å². The van der Waals surface area contributed by atoms with Gasteiger partial charge >= 0.3 is 0 Å². The third-order valence-corrected chi connectivity index (χ3v) is 3.33. The second-order valence-corrected chi connectivity index (χ2v) is 4.53. The molecule has 90 valence electrons. The first-order valence-corrected chi connectivity index (χ1v) is 5.94. The van der Waals surface area contributed by atoms with Gasteiger partial charge in [0.2, 0.25) is 5.95 Å². The zero-order valence-corrected chi connectivity index (χ0v) is 10.0. The van der Waals surface area contributed by atoms with Crippen LogP contribution < -0.4 is 10.6 Å². The second-order valence-electron chi connectivity index (χ2n) is 4.53. The van der Waals surface area contributed by atoms with Crippen LogP contribution in [0.5, 0.6) is 0 Å². The summed E-state index contributed by atoms with van der Waals surface area (Å²) in [5.41, 5.74) is 6.14. The molecule has 0 aromatic carbocycles. The van der Waals surface area contributed by atoms with Crippen LogP contribution in [-0.4, -0.2) is 29.1 Å². The van der Waals surface area contributed by atoms with E-state index < -0.39 is 0 Å². The summed E-state index contributed by atoms with van der Waals surface area (Å²) in [6, 6.07) is 4.08. The fourth-order valence-corrected chi connectivity index (χ4v) is 2.20. The lowest BCUT2D eigenvalue weighted by atomic mass is 9.94. The lowest BCUT2D eigenvalue weighted by molar-refractivity contribution is 0.369. The van der Waals surface area contributed by atoms with Gasteiger partial charge < -0.3 is 10.6 Å². The molecule has 1 aliphatic rings. The molecule has 0 saturated carbocycles. The molecule has 0 spiro atoms. The number of hydrogen-bond acceptors (Lipinski definition) is 5. The molecule has 1 aliphatic heterocycles. The number of nitrogens with two attached hydrogens (primary N) is 1. The topological polar surface area (TPSA) is 78.8 Å². The molecule has 1 aromatic rings. The smallest absolute Gasteiger partial charge is 0.226 e. The number of nitrogens with zero attached hydrogens (tertiary/aromatic N) is 4. The van der Waals surface area contributed by atoms with Crippen molar-refractivity contribution in [1.82, 2.24) is 9.97 Å². The van der Waals surface area contributed by atoms with Crippen LogP contribution in [0.2, 0.25) is 0 Å². The molecule has 2 atom stereocenters. The number of aromatic nitrogens is 2. The molecule has 5 heteroatoms. The number of rotatable bonds is 2. The lowest BCUT2D eigenvalue weighted by Crippen LogP contribution is -2.44. The molecular formula is C12H17N5. The van der Waals surface area contributed by atoms with Crippen molar-refractivity contribution in [1.29, 1.82) is 5.26 Å². The van der Waals surface area contributed by atoms with Crippen LogP contribution in [0, 0.1) is 17.2 Å². The lowest BCUT2D eigenvalue weighted by Gasteiger charge is -2.37. The van der Waals surface area contributed by atoms with Gasteiger partial charge in [-0.25, -0.2) is 9.97 Å². The van der Waals surface area contributed by atoms with Crippen molar-refractivity contribution in [3.63, 3.8) is 0 Å². The molecule has 0 bridgehead atoms. The van der Waals surface area contributed by atoms with E-state index in [0.29, 0.717) is 30.1 Å². The van der Waals surface area contributed by atoms with Crippen LogP contribution in [0.1, 0.15) is 25.5 Å². The maximum atomic E-state index is 8.85. The average Bonchev–Trinajstić information content (AvgIpc) is 2.39. The summed E-state index contributed by atoms with van der Waals surface area (Å²) in [4.78, 5) is 10.7. The van der Waals surface area contributed by atoms with Crippen LogP contribution in [0.3, 0.4) is 0 Å². The molecule has 2 N–H and O–H groups in total. The van der Waals surface area contributed by atoms with Crippen LogP contribution in [0.15, 0.2) is 12.3 Å². The molecule has 2 heterocycles. The molecule has 2 unspecified atom stereocenters. The van der Waals surface area contributed by atoms with Crippen LogP contribution >= 0.6 is 0 Å². The van der Waals surface area contributed by atoms with E-state index in [0.717, 1.165) is 19.4 Å². The van der Waals surface area contributed by atoms with Gasteiger partial charge in [0.1, 0.15) is 11.8 Å². The summed E-state index contributed by atoms with van der Waals surface area (Å²) in [5, 5.41) is 8.85. The first-order valence-electron chi connectivity index (χ1n) is 5.94. The number of nitriles is 1. The summed E-state index contributed by atoms with van der Waals surface area (Å²) in [6.45, 7) is 3.74. The Morgan fingerprint density at radius 3 is 3.12 bits per heavy atom. The normalized spacial score (nSPS) is 24.4. The molecule has 0 amide bonds. The second kappa shape index (κ2) is 5.11. The van der Waals surface area contributed by atoms with Crippen LogP contribution in [-0.2, 0) is 0 Å². The maximum Gasteiger partial charge on any atom is 0.226 e. The molecular weight excluding hydrogens is 214 g/mol. The molecule has 1 aromatic heterocycles. The third kappa shape index (κ3) is 2.53. The Morgan fingerprint density at radius 2 is 2.41 bits per heavy atom. The van der Waals surface area contributed by atoms with Gasteiger partial charge in [0, 0.05) is 18.8 Å². The van der Waals surface area contributed by atoms with Gasteiger partial charge in [-0.3, -0.25) is 0 Å². The Kier molecular flexibility index (Phi) is 3.55. The Bertz CT molecular complexity index is 425. The molecule has 0 radical (unpaired) electrons. The summed E-state index contributed by atoms with van der Waals surface area (Å²) < 4.78 is 0. The molecule has 2 rings (SSSR count). The van der Waals surface area contributed by atoms with Gasteiger partial charge in [-0.2, -0.15) is 5.26 Å². The highest BCUT2D eigenvalue weighted by molar-refractivity contribution is 5.35. The third-order valence-electron chi connectivity index (χ3n) is 3.33. The van der Waals surface area contributed by atoms with Crippen LogP contribution in [0.4, 0.5) is 5.95 Å². The van der Waals surface area contributed by atoms with Crippen molar-refractivity contribution < 1.29 is 0 Å². The van der Waals surface area contributed by atoms with Gasteiger partial charge in [-0.15, -0.1) is 0 Å². The highest BCUT2D eigenvalue weighted by Crippen LogP contribution is 2.24. The van der Waals surface area contributed by atoms with Gasteiger partial charge in [-0.05, 0) is 38.3 Å². The monoisotopic (exact) mass is 231 g/mol. The quantitative estimate of drug-likeness (QED) is 0.818. The molecule has 1 fully saturated rings. The van der Waals surface area contributed by atoms with Crippen LogP contribution in [0.25, 0.3) is 0 Å². The number of anilines is 1. The van der Waals surface area contributed by atoms with E-state index in [9.17, 15) is 0 Å². The zero-order chi connectivity index (χ0) is 12.3. The van der Waals surface area contributed by atoms with Gasteiger partial charge in [0.05, 0.1) is 0 Å². The van der Waals surface area contributed by atoms with Crippen molar-refractivity contribution in [3.8, 4) is 6.07 Å². The van der Waals surface area contributed by atoms with Crippen molar-refractivity contribution in [2.45, 2.75) is 25.8 Å². The highest BCUT2D eigenvalue weighted by Gasteiger charge is 2.26. The predicted molar refractivity (Wildman–Crippen MR) is 65.3 cm³/mol. The summed E-state index contributed by atoms with van der Waals surface area (Å²) >= 11 is 0. The molecule has 5 nitrogen and oxygen atoms in total. The van der Waals surface area contributed by atoms with E-state index >= 15 is 0 Å². The molecule has 1 saturated heterocycles. The van der Waals surface area contributed by atoms with E-state index in [2.05, 4.69) is 21.8 Å². The number of piperidine rings is 1. The summed E-state index contributed by atoms with van der Waals surface area (Å²) in [6.07, 6.45) is 3.90. The summed E-state index contributed by atoms with van der Waals surface area (Å²) in [5.74, 6) is 1.15. The fourth-order valence-electron chi connectivity index (χ4n) is 2.20. The van der Waals surface area contributed by atoms with E-state index in [-0.39, 0.29) is 0 Å². The Balaban J connectivity index is 2.21. The largest absolute Gasteiger partial charge is 0.338 e. The zero-order valence-electron chi connectivity index (χ0n) is 10.0.